The summed E-state index contributed by atoms with van der Waals surface area (Å²) in [5.41, 5.74) is 4.93. The molecule has 4 rings (SSSR count). The van der Waals surface area contributed by atoms with Crippen LogP contribution >= 0.6 is 0 Å². The highest BCUT2D eigenvalue weighted by molar-refractivity contribution is 5.82. The van der Waals surface area contributed by atoms with E-state index in [-0.39, 0.29) is 24.1 Å². The summed E-state index contributed by atoms with van der Waals surface area (Å²) in [5.74, 6) is 0.969. The second-order valence-electron chi connectivity index (χ2n) is 9.90. The van der Waals surface area contributed by atoms with Crippen molar-refractivity contribution in [3.05, 3.63) is 87.0 Å². The minimum Gasteiger partial charge on any atom is -0.396 e. The number of pyridine rings is 1. The van der Waals surface area contributed by atoms with Crippen LogP contribution in [0.4, 0.5) is 0 Å². The Kier molecular flexibility index (Phi) is 8.28. The van der Waals surface area contributed by atoms with Gasteiger partial charge in [-0.2, -0.15) is 0 Å². The summed E-state index contributed by atoms with van der Waals surface area (Å²) in [4.78, 5) is 18.4. The Balaban J connectivity index is 1.66. The second-order valence-corrected chi connectivity index (χ2v) is 9.90. The average molecular weight is 489 g/mol. The molecule has 0 radical (unpaired) electrons. The monoisotopic (exact) mass is 488 g/mol. The minimum atomic E-state index is -0.114. The van der Waals surface area contributed by atoms with Crippen LogP contribution in [0.25, 0.3) is 10.9 Å². The normalized spacial score (nSPS) is 12.6. The molecule has 0 unspecified atom stereocenters. The predicted molar refractivity (Wildman–Crippen MR) is 142 cm³/mol. The Bertz CT molecular complexity index is 1350. The van der Waals surface area contributed by atoms with Crippen molar-refractivity contribution in [2.45, 2.75) is 59.7 Å². The number of tetrazole rings is 1. The first-order valence-electron chi connectivity index (χ1n) is 12.7. The summed E-state index contributed by atoms with van der Waals surface area (Å²) in [7, 11) is 0. The number of nitrogens with zero attached hydrogens (tertiary/aromatic N) is 5. The standard InChI is InChI=1S/C28H36N6O2/c1-19(2)26(27-30-31-32-34(27)13-11-22-9-6-5-7-10-22)33(12-8-14-35)18-24-17-23-16-20(3)15-21(4)25(23)29-28(24)36/h5-7,9-10,15-17,19,26,35H,8,11-14,18H2,1-4H3,(H,29,36)/t26-/m0/s1. The van der Waals surface area contributed by atoms with Gasteiger partial charge in [0.1, 0.15) is 0 Å². The molecule has 0 aliphatic rings. The number of rotatable bonds is 11. The number of H-pyrrole nitrogens is 1. The Morgan fingerprint density at radius 3 is 2.61 bits per heavy atom. The zero-order chi connectivity index (χ0) is 25.7. The van der Waals surface area contributed by atoms with Gasteiger partial charge >= 0.3 is 0 Å². The number of fused-ring (bicyclic) bond motifs is 1. The molecule has 0 fully saturated rings. The van der Waals surface area contributed by atoms with Gasteiger partial charge in [-0.1, -0.05) is 55.8 Å². The highest BCUT2D eigenvalue weighted by atomic mass is 16.3. The molecule has 2 heterocycles. The van der Waals surface area contributed by atoms with Gasteiger partial charge in [-0.25, -0.2) is 4.68 Å². The lowest BCUT2D eigenvalue weighted by Crippen LogP contribution is -2.36. The molecule has 0 spiro atoms. The Labute approximate surface area is 212 Å². The molecule has 8 nitrogen and oxygen atoms in total. The fraction of sp³-hybridized carbons (Fsp3) is 0.429. The van der Waals surface area contributed by atoms with Crippen molar-refractivity contribution in [3.63, 3.8) is 0 Å². The zero-order valence-electron chi connectivity index (χ0n) is 21.6. The maximum Gasteiger partial charge on any atom is 0.252 e. The molecule has 0 aliphatic heterocycles. The summed E-state index contributed by atoms with van der Waals surface area (Å²) in [6, 6.07) is 16.4. The van der Waals surface area contributed by atoms with Crippen LogP contribution in [-0.2, 0) is 19.5 Å². The number of hydrogen-bond acceptors (Lipinski definition) is 6. The quantitative estimate of drug-likeness (QED) is 0.332. The number of benzene rings is 2. The third-order valence-corrected chi connectivity index (χ3v) is 6.65. The lowest BCUT2D eigenvalue weighted by Gasteiger charge is -2.33. The van der Waals surface area contributed by atoms with E-state index in [0.717, 1.165) is 34.3 Å². The third-order valence-electron chi connectivity index (χ3n) is 6.65. The lowest BCUT2D eigenvalue weighted by atomic mass is 9.99. The summed E-state index contributed by atoms with van der Waals surface area (Å²) >= 11 is 0. The summed E-state index contributed by atoms with van der Waals surface area (Å²) in [6.07, 6.45) is 1.42. The van der Waals surface area contributed by atoms with E-state index in [1.807, 2.05) is 35.9 Å². The topological polar surface area (TPSA) is 99.9 Å². The summed E-state index contributed by atoms with van der Waals surface area (Å²) in [5, 5.41) is 23.4. The highest BCUT2D eigenvalue weighted by Gasteiger charge is 2.29. The van der Waals surface area contributed by atoms with Gasteiger partial charge in [0, 0.05) is 31.8 Å². The van der Waals surface area contributed by atoms with Gasteiger partial charge in [0.25, 0.3) is 5.56 Å². The van der Waals surface area contributed by atoms with E-state index in [2.05, 4.69) is 70.4 Å². The number of aromatic amines is 1. The van der Waals surface area contributed by atoms with Gasteiger partial charge in [0.05, 0.1) is 11.6 Å². The van der Waals surface area contributed by atoms with E-state index < -0.39 is 0 Å². The number of aryl methyl sites for hydroxylation is 4. The Morgan fingerprint density at radius 1 is 1.11 bits per heavy atom. The molecule has 1 atom stereocenters. The molecule has 0 saturated heterocycles. The SMILES string of the molecule is Cc1cc(C)c2[nH]c(=O)c(CN(CCCO)[C@H](c3nnnn3CCc3ccccc3)C(C)C)cc2c1. The number of aromatic nitrogens is 5. The van der Waals surface area contributed by atoms with Gasteiger partial charge in [-0.05, 0) is 71.7 Å². The molecular weight excluding hydrogens is 452 g/mol. The second kappa shape index (κ2) is 11.6. The summed E-state index contributed by atoms with van der Waals surface area (Å²) < 4.78 is 1.88. The van der Waals surface area contributed by atoms with Crippen molar-refractivity contribution in [3.8, 4) is 0 Å². The number of nitrogens with one attached hydrogen (secondary N) is 1. The molecule has 36 heavy (non-hydrogen) atoms. The summed E-state index contributed by atoms with van der Waals surface area (Å²) in [6.45, 7) is 10.2. The van der Waals surface area contributed by atoms with Crippen molar-refractivity contribution < 1.29 is 5.11 Å². The lowest BCUT2D eigenvalue weighted by molar-refractivity contribution is 0.122. The molecule has 190 valence electrons. The maximum atomic E-state index is 13.1. The molecule has 8 heteroatoms. The van der Waals surface area contributed by atoms with Crippen LogP contribution in [0.3, 0.4) is 0 Å². The fourth-order valence-corrected chi connectivity index (χ4v) is 5.00. The average Bonchev–Trinajstić information content (AvgIpc) is 3.30. The van der Waals surface area contributed by atoms with Gasteiger partial charge in [0.2, 0.25) is 0 Å². The number of aliphatic hydroxyl groups excluding tert-OH is 1. The molecule has 2 aromatic heterocycles. The number of hydrogen-bond donors (Lipinski definition) is 2. The minimum absolute atomic E-state index is 0.0761. The van der Waals surface area contributed by atoms with Gasteiger partial charge in [-0.3, -0.25) is 9.69 Å². The molecule has 2 N–H and O–H groups in total. The fourth-order valence-electron chi connectivity index (χ4n) is 5.00. The van der Waals surface area contributed by atoms with Crippen LogP contribution in [0.15, 0.2) is 53.3 Å². The van der Waals surface area contributed by atoms with Crippen molar-refractivity contribution in [2.75, 3.05) is 13.2 Å². The van der Waals surface area contributed by atoms with Crippen LogP contribution in [-0.4, -0.2) is 48.3 Å². The zero-order valence-corrected chi connectivity index (χ0v) is 21.6. The first-order chi connectivity index (χ1) is 17.4. The largest absolute Gasteiger partial charge is 0.396 e. The van der Waals surface area contributed by atoms with Crippen molar-refractivity contribution in [1.82, 2.24) is 30.1 Å². The number of aliphatic hydroxyl groups is 1. The van der Waals surface area contributed by atoms with E-state index in [9.17, 15) is 9.90 Å². The third kappa shape index (κ3) is 5.88. The van der Waals surface area contributed by atoms with Gasteiger partial charge < -0.3 is 10.1 Å². The maximum absolute atomic E-state index is 13.1. The van der Waals surface area contributed by atoms with E-state index >= 15 is 0 Å². The van der Waals surface area contributed by atoms with E-state index in [4.69, 9.17) is 0 Å². The first kappa shape index (κ1) is 25.7. The Hall–Kier alpha value is -3.36. The van der Waals surface area contributed by atoms with Crippen LogP contribution in [0.2, 0.25) is 0 Å². The van der Waals surface area contributed by atoms with Crippen LogP contribution in [0.5, 0.6) is 0 Å². The van der Waals surface area contributed by atoms with Crippen LogP contribution in [0, 0.1) is 19.8 Å². The van der Waals surface area contributed by atoms with Crippen molar-refractivity contribution >= 4 is 10.9 Å². The van der Waals surface area contributed by atoms with E-state index in [1.165, 1.54) is 5.56 Å². The smallest absolute Gasteiger partial charge is 0.252 e. The van der Waals surface area contributed by atoms with E-state index in [1.54, 1.807) is 0 Å². The predicted octanol–water partition coefficient (Wildman–Crippen LogP) is 3.96. The molecule has 0 bridgehead atoms. The first-order valence-corrected chi connectivity index (χ1v) is 12.7. The molecule has 0 amide bonds. The molecule has 4 aromatic rings. The Morgan fingerprint density at radius 2 is 1.89 bits per heavy atom. The highest BCUT2D eigenvalue weighted by Crippen LogP contribution is 2.29. The van der Waals surface area contributed by atoms with E-state index in [0.29, 0.717) is 31.6 Å². The van der Waals surface area contributed by atoms with Crippen LogP contribution < -0.4 is 5.56 Å². The van der Waals surface area contributed by atoms with Crippen molar-refractivity contribution in [1.29, 1.82) is 0 Å². The molecule has 2 aromatic carbocycles. The van der Waals surface area contributed by atoms with Gasteiger partial charge in [-0.15, -0.1) is 5.10 Å². The molecule has 0 aliphatic carbocycles. The van der Waals surface area contributed by atoms with Crippen molar-refractivity contribution in [2.24, 2.45) is 5.92 Å². The van der Waals surface area contributed by atoms with Gasteiger partial charge in [0.15, 0.2) is 5.82 Å². The van der Waals surface area contributed by atoms with Crippen LogP contribution in [0.1, 0.15) is 54.4 Å². The molecular formula is C28H36N6O2. The molecule has 0 saturated carbocycles.